The molecule has 0 amide bonds. The lowest BCUT2D eigenvalue weighted by Crippen LogP contribution is -2.21. The highest BCUT2D eigenvalue weighted by atomic mass is 19.4. The summed E-state index contributed by atoms with van der Waals surface area (Å²) < 4.78 is 35.8. The summed E-state index contributed by atoms with van der Waals surface area (Å²) in [6.45, 7) is 3.19. The molecule has 0 saturated carbocycles. The van der Waals surface area contributed by atoms with Crippen molar-refractivity contribution in [2.24, 2.45) is 11.8 Å². The van der Waals surface area contributed by atoms with Crippen LogP contribution in [0.25, 0.3) is 0 Å². The number of carbonyl (C=O) groups is 1. The van der Waals surface area contributed by atoms with Crippen LogP contribution >= 0.6 is 0 Å². The Morgan fingerprint density at radius 2 is 1.85 bits per heavy atom. The summed E-state index contributed by atoms with van der Waals surface area (Å²) in [5.41, 5.74) is 0. The lowest BCUT2D eigenvalue weighted by atomic mass is 9.89. The first-order chi connectivity index (χ1) is 5.72. The van der Waals surface area contributed by atoms with E-state index in [1.54, 1.807) is 13.8 Å². The Balaban J connectivity index is 4.19. The van der Waals surface area contributed by atoms with Gasteiger partial charge < -0.3 is 5.11 Å². The predicted octanol–water partition coefficient (Wildman–Crippen LogP) is 2.69. The third-order valence-corrected chi connectivity index (χ3v) is 1.87. The third kappa shape index (κ3) is 6.42. The second-order valence-electron chi connectivity index (χ2n) is 3.42. The topological polar surface area (TPSA) is 37.3 Å². The molecule has 0 bridgehead atoms. The summed E-state index contributed by atoms with van der Waals surface area (Å²) in [4.78, 5) is 10.2. The number of alkyl halides is 3. The van der Waals surface area contributed by atoms with E-state index in [-0.39, 0.29) is 5.92 Å². The first-order valence-corrected chi connectivity index (χ1v) is 4.01. The zero-order valence-corrected chi connectivity index (χ0v) is 7.56. The Hall–Kier alpha value is -0.740. The summed E-state index contributed by atoms with van der Waals surface area (Å²) in [5, 5.41) is 8.36. The molecule has 0 heterocycles. The quantitative estimate of drug-likeness (QED) is 0.754. The maximum absolute atomic E-state index is 11.9. The Kier molecular flexibility index (Phi) is 4.23. The van der Waals surface area contributed by atoms with Crippen molar-refractivity contribution in [2.75, 3.05) is 0 Å². The van der Waals surface area contributed by atoms with E-state index < -0.39 is 30.9 Å². The fourth-order valence-electron chi connectivity index (χ4n) is 1.07. The van der Waals surface area contributed by atoms with Gasteiger partial charge in [0.1, 0.15) is 0 Å². The predicted molar refractivity (Wildman–Crippen MR) is 41.3 cm³/mol. The van der Waals surface area contributed by atoms with Gasteiger partial charge in [-0.15, -0.1) is 0 Å². The van der Waals surface area contributed by atoms with Gasteiger partial charge in [-0.1, -0.05) is 13.8 Å². The second kappa shape index (κ2) is 4.48. The van der Waals surface area contributed by atoms with Crippen molar-refractivity contribution in [1.29, 1.82) is 0 Å². The summed E-state index contributed by atoms with van der Waals surface area (Å²) in [7, 11) is 0. The van der Waals surface area contributed by atoms with Gasteiger partial charge in [0, 0.05) is 12.8 Å². The fraction of sp³-hybridized carbons (Fsp3) is 0.875. The van der Waals surface area contributed by atoms with Crippen LogP contribution in [0.3, 0.4) is 0 Å². The van der Waals surface area contributed by atoms with Crippen molar-refractivity contribution < 1.29 is 23.1 Å². The van der Waals surface area contributed by atoms with Crippen molar-refractivity contribution >= 4 is 5.97 Å². The molecular weight excluding hydrogens is 185 g/mol. The molecule has 1 N–H and O–H groups in total. The molecule has 0 aromatic carbocycles. The zero-order chi connectivity index (χ0) is 10.6. The van der Waals surface area contributed by atoms with Gasteiger partial charge in [0.25, 0.3) is 0 Å². The normalized spacial score (nSPS) is 14.6. The highest BCUT2D eigenvalue weighted by Crippen LogP contribution is 2.30. The number of aliphatic carboxylic acids is 1. The first-order valence-electron chi connectivity index (χ1n) is 4.01. The number of halogens is 3. The van der Waals surface area contributed by atoms with Gasteiger partial charge in [-0.2, -0.15) is 13.2 Å². The Morgan fingerprint density at radius 1 is 1.38 bits per heavy atom. The van der Waals surface area contributed by atoms with Crippen molar-refractivity contribution in [2.45, 2.75) is 32.9 Å². The van der Waals surface area contributed by atoms with Gasteiger partial charge in [-0.05, 0) is 11.8 Å². The van der Waals surface area contributed by atoms with Crippen LogP contribution in [0.2, 0.25) is 0 Å². The van der Waals surface area contributed by atoms with Crippen LogP contribution in [-0.4, -0.2) is 17.3 Å². The van der Waals surface area contributed by atoms with E-state index in [2.05, 4.69) is 0 Å². The van der Waals surface area contributed by atoms with E-state index >= 15 is 0 Å². The summed E-state index contributed by atoms with van der Waals surface area (Å²) >= 11 is 0. The Labute approximate surface area is 74.7 Å². The van der Waals surface area contributed by atoms with Gasteiger partial charge >= 0.3 is 12.1 Å². The lowest BCUT2D eigenvalue weighted by molar-refractivity contribution is -0.153. The van der Waals surface area contributed by atoms with Crippen molar-refractivity contribution in [3.05, 3.63) is 0 Å². The van der Waals surface area contributed by atoms with E-state index in [1.165, 1.54) is 0 Å². The maximum atomic E-state index is 11.9. The average molecular weight is 198 g/mol. The molecule has 0 aliphatic rings. The van der Waals surface area contributed by atoms with Crippen LogP contribution in [0, 0.1) is 11.8 Å². The van der Waals surface area contributed by atoms with Crippen LogP contribution < -0.4 is 0 Å². The highest BCUT2D eigenvalue weighted by molar-refractivity contribution is 5.67. The van der Waals surface area contributed by atoms with Gasteiger partial charge in [0.15, 0.2) is 0 Å². The van der Waals surface area contributed by atoms with Gasteiger partial charge in [-0.3, -0.25) is 4.79 Å². The van der Waals surface area contributed by atoms with E-state index in [1.807, 2.05) is 0 Å². The van der Waals surface area contributed by atoms with Crippen LogP contribution in [0.4, 0.5) is 13.2 Å². The first kappa shape index (κ1) is 12.3. The minimum atomic E-state index is -4.27. The molecule has 1 unspecified atom stereocenters. The zero-order valence-electron chi connectivity index (χ0n) is 7.56. The summed E-state index contributed by atoms with van der Waals surface area (Å²) in [6.07, 6.45) is -5.71. The fourth-order valence-corrected chi connectivity index (χ4v) is 1.07. The Bertz CT molecular complexity index is 175. The molecule has 0 fully saturated rings. The van der Waals surface area contributed by atoms with Crippen LogP contribution in [0.5, 0.6) is 0 Å². The summed E-state index contributed by atoms with van der Waals surface area (Å²) in [5.74, 6) is -2.27. The molecule has 0 saturated heterocycles. The van der Waals surface area contributed by atoms with E-state index in [0.717, 1.165) is 0 Å². The van der Waals surface area contributed by atoms with E-state index in [9.17, 15) is 18.0 Å². The maximum Gasteiger partial charge on any atom is 0.389 e. The molecule has 0 aliphatic heterocycles. The minimum absolute atomic E-state index is 0.266. The standard InChI is InChI=1S/C8H13F3O2/c1-5(2)6(3-7(12)13)4-8(9,10)11/h5-6H,3-4H2,1-2H3,(H,12,13). The number of carboxylic acids is 1. The van der Waals surface area contributed by atoms with Gasteiger partial charge in [0.2, 0.25) is 0 Å². The van der Waals surface area contributed by atoms with E-state index in [4.69, 9.17) is 5.11 Å². The number of hydrogen-bond acceptors (Lipinski definition) is 1. The average Bonchev–Trinajstić information content (AvgIpc) is 1.81. The van der Waals surface area contributed by atoms with Crippen LogP contribution in [-0.2, 0) is 4.79 Å². The molecule has 78 valence electrons. The lowest BCUT2D eigenvalue weighted by Gasteiger charge is -2.20. The van der Waals surface area contributed by atoms with Crippen molar-refractivity contribution in [3.63, 3.8) is 0 Å². The van der Waals surface area contributed by atoms with Crippen LogP contribution in [0.1, 0.15) is 26.7 Å². The number of carboxylic acid groups (broad SMARTS) is 1. The molecule has 5 heteroatoms. The molecule has 0 radical (unpaired) electrons. The van der Waals surface area contributed by atoms with Crippen molar-refractivity contribution in [1.82, 2.24) is 0 Å². The molecule has 1 atom stereocenters. The molecule has 13 heavy (non-hydrogen) atoms. The molecule has 0 spiro atoms. The third-order valence-electron chi connectivity index (χ3n) is 1.87. The van der Waals surface area contributed by atoms with Gasteiger partial charge in [0.05, 0.1) is 0 Å². The number of hydrogen-bond donors (Lipinski definition) is 1. The number of rotatable bonds is 4. The van der Waals surface area contributed by atoms with Gasteiger partial charge in [-0.25, -0.2) is 0 Å². The molecule has 0 aromatic rings. The summed E-state index contributed by atoms with van der Waals surface area (Å²) in [6, 6.07) is 0. The van der Waals surface area contributed by atoms with Crippen LogP contribution in [0.15, 0.2) is 0 Å². The van der Waals surface area contributed by atoms with E-state index in [0.29, 0.717) is 0 Å². The minimum Gasteiger partial charge on any atom is -0.481 e. The highest BCUT2D eigenvalue weighted by Gasteiger charge is 2.34. The SMILES string of the molecule is CC(C)C(CC(=O)O)CC(F)(F)F. The second-order valence-corrected chi connectivity index (χ2v) is 3.42. The van der Waals surface area contributed by atoms with Crippen molar-refractivity contribution in [3.8, 4) is 0 Å². The molecule has 2 nitrogen and oxygen atoms in total. The largest absolute Gasteiger partial charge is 0.481 e. The smallest absolute Gasteiger partial charge is 0.389 e. The molecule has 0 aliphatic carbocycles. The molecular formula is C8H13F3O2. The Morgan fingerprint density at radius 3 is 2.08 bits per heavy atom. The monoisotopic (exact) mass is 198 g/mol. The molecule has 0 aromatic heterocycles. The molecule has 0 rings (SSSR count).